The zero-order valence-electron chi connectivity index (χ0n) is 14.7. The number of aromatic nitrogens is 2. The lowest BCUT2D eigenvalue weighted by molar-refractivity contribution is 0.253. The van der Waals surface area contributed by atoms with Crippen LogP contribution in [-0.4, -0.2) is 33.9 Å². The van der Waals surface area contributed by atoms with Gasteiger partial charge < -0.3 is 19.7 Å². The van der Waals surface area contributed by atoms with Gasteiger partial charge in [-0.1, -0.05) is 18.2 Å². The van der Waals surface area contributed by atoms with Gasteiger partial charge in [0, 0.05) is 36.6 Å². The number of aliphatic hydroxyl groups excluding tert-OH is 1. The fraction of sp³-hybridized carbons (Fsp3) is 0.250. The van der Waals surface area contributed by atoms with Gasteiger partial charge in [0.15, 0.2) is 0 Å². The molecule has 7 heteroatoms. The van der Waals surface area contributed by atoms with Gasteiger partial charge in [0.25, 0.3) is 0 Å². The average Bonchev–Trinajstić information content (AvgIpc) is 3.32. The number of halogens is 2. The fourth-order valence-corrected chi connectivity index (χ4v) is 3.28. The number of ether oxygens (including phenoxy) is 1. The molecule has 1 aliphatic heterocycles. The second kappa shape index (κ2) is 9.76. The summed E-state index contributed by atoms with van der Waals surface area (Å²) < 4.78 is 8.03. The first kappa shape index (κ1) is 21.3. The zero-order chi connectivity index (χ0) is 17.1. The Labute approximate surface area is 171 Å². The second-order valence-corrected chi connectivity index (χ2v) is 6.27. The molecule has 0 saturated carbocycles. The minimum absolute atomic E-state index is 0. The maximum atomic E-state index is 9.32. The highest BCUT2D eigenvalue weighted by Gasteiger charge is 2.26. The molecule has 1 fully saturated rings. The molecule has 0 bridgehead atoms. The topological polar surface area (TPSA) is 59.3 Å². The van der Waals surface area contributed by atoms with Crippen molar-refractivity contribution < 1.29 is 9.84 Å². The molecule has 3 aromatic rings. The highest BCUT2D eigenvalue weighted by Crippen LogP contribution is 2.28. The largest absolute Gasteiger partial charge is 0.457 e. The van der Waals surface area contributed by atoms with Crippen molar-refractivity contribution in [2.45, 2.75) is 18.5 Å². The van der Waals surface area contributed by atoms with Crippen LogP contribution in [0.5, 0.6) is 11.5 Å². The van der Waals surface area contributed by atoms with E-state index in [4.69, 9.17) is 4.74 Å². The minimum Gasteiger partial charge on any atom is -0.457 e. The van der Waals surface area contributed by atoms with E-state index in [-0.39, 0.29) is 37.5 Å². The number of nitrogens with one attached hydrogen (secondary N) is 1. The lowest BCUT2D eigenvalue weighted by Crippen LogP contribution is -2.24. The smallest absolute Gasteiger partial charge is 0.140 e. The van der Waals surface area contributed by atoms with E-state index in [2.05, 4.69) is 14.9 Å². The van der Waals surface area contributed by atoms with Crippen molar-refractivity contribution in [3.05, 3.63) is 67.0 Å². The van der Waals surface area contributed by atoms with Crippen molar-refractivity contribution in [3.8, 4) is 22.9 Å². The van der Waals surface area contributed by atoms with Gasteiger partial charge in [0.2, 0.25) is 0 Å². The van der Waals surface area contributed by atoms with E-state index >= 15 is 0 Å². The Morgan fingerprint density at radius 1 is 1.04 bits per heavy atom. The molecule has 0 unspecified atom stereocenters. The van der Waals surface area contributed by atoms with Crippen molar-refractivity contribution in [2.75, 3.05) is 13.2 Å². The Bertz CT molecular complexity index is 825. The summed E-state index contributed by atoms with van der Waals surface area (Å²) in [5.74, 6) is 2.57. The van der Waals surface area contributed by atoms with E-state index in [1.807, 2.05) is 67.0 Å². The Hall–Kier alpha value is -2.05. The van der Waals surface area contributed by atoms with Gasteiger partial charge >= 0.3 is 0 Å². The molecule has 0 aliphatic carbocycles. The quantitative estimate of drug-likeness (QED) is 0.668. The van der Waals surface area contributed by atoms with Gasteiger partial charge in [-0.3, -0.25) is 0 Å². The lowest BCUT2D eigenvalue weighted by Gasteiger charge is -2.15. The van der Waals surface area contributed by atoms with Crippen LogP contribution >= 0.6 is 24.8 Å². The van der Waals surface area contributed by atoms with Crippen LogP contribution in [0.4, 0.5) is 0 Å². The number of imidazole rings is 1. The summed E-state index contributed by atoms with van der Waals surface area (Å²) in [6.07, 6.45) is 4.75. The van der Waals surface area contributed by atoms with Gasteiger partial charge in [-0.2, -0.15) is 0 Å². The number of benzene rings is 2. The molecule has 1 aliphatic rings. The Kier molecular flexibility index (Phi) is 7.68. The van der Waals surface area contributed by atoms with Crippen LogP contribution in [0, 0.1) is 0 Å². The van der Waals surface area contributed by atoms with Crippen molar-refractivity contribution in [2.24, 2.45) is 0 Å². The number of hydrogen-bond donors (Lipinski definition) is 2. The van der Waals surface area contributed by atoms with Crippen molar-refractivity contribution in [3.63, 3.8) is 0 Å². The molecule has 0 radical (unpaired) electrons. The summed E-state index contributed by atoms with van der Waals surface area (Å²) in [6.45, 7) is 1.02. The van der Waals surface area contributed by atoms with E-state index in [1.165, 1.54) is 0 Å². The Morgan fingerprint density at radius 3 is 2.41 bits per heavy atom. The summed E-state index contributed by atoms with van der Waals surface area (Å²) in [5, 5.41) is 12.7. The summed E-state index contributed by atoms with van der Waals surface area (Å²) in [6, 6.07) is 18.2. The third-order valence-corrected chi connectivity index (χ3v) is 4.57. The molecular formula is C20H23Cl2N3O2. The van der Waals surface area contributed by atoms with Gasteiger partial charge in [-0.25, -0.2) is 4.98 Å². The Morgan fingerprint density at radius 2 is 1.74 bits per heavy atom. The zero-order valence-corrected chi connectivity index (χ0v) is 16.3. The molecule has 27 heavy (non-hydrogen) atoms. The maximum absolute atomic E-state index is 9.32. The molecule has 4 rings (SSSR count). The number of para-hydroxylation sites is 1. The van der Waals surface area contributed by atoms with Crippen LogP contribution in [0.2, 0.25) is 0 Å². The highest BCUT2D eigenvalue weighted by atomic mass is 35.5. The van der Waals surface area contributed by atoms with Crippen molar-refractivity contribution in [1.82, 2.24) is 14.9 Å². The second-order valence-electron chi connectivity index (χ2n) is 6.27. The lowest BCUT2D eigenvalue weighted by atomic mass is 10.1. The average molecular weight is 408 g/mol. The first-order chi connectivity index (χ1) is 12.3. The first-order valence-electron chi connectivity index (χ1n) is 8.54. The molecule has 0 amide bonds. The van der Waals surface area contributed by atoms with Crippen LogP contribution in [-0.2, 0) is 0 Å². The molecule has 2 N–H and O–H groups in total. The number of hydrogen-bond acceptors (Lipinski definition) is 4. The number of rotatable bonds is 5. The highest BCUT2D eigenvalue weighted by molar-refractivity contribution is 5.85. The maximum Gasteiger partial charge on any atom is 0.140 e. The van der Waals surface area contributed by atoms with Crippen LogP contribution in [0.15, 0.2) is 67.0 Å². The van der Waals surface area contributed by atoms with Gasteiger partial charge in [0.1, 0.15) is 17.3 Å². The monoisotopic (exact) mass is 407 g/mol. The molecule has 0 spiro atoms. The third-order valence-electron chi connectivity index (χ3n) is 4.57. The first-order valence-corrected chi connectivity index (χ1v) is 8.54. The molecule has 1 aromatic heterocycles. The van der Waals surface area contributed by atoms with E-state index in [0.29, 0.717) is 6.04 Å². The summed E-state index contributed by atoms with van der Waals surface area (Å²) in [7, 11) is 0. The van der Waals surface area contributed by atoms with Crippen molar-refractivity contribution in [1.29, 1.82) is 0 Å². The molecule has 2 heterocycles. The Balaban J connectivity index is 0.00000131. The molecule has 5 nitrogen and oxygen atoms in total. The van der Waals surface area contributed by atoms with Crippen molar-refractivity contribution >= 4 is 24.8 Å². The predicted molar refractivity (Wildman–Crippen MR) is 111 cm³/mol. The van der Waals surface area contributed by atoms with Crippen LogP contribution in [0.25, 0.3) is 11.4 Å². The fourth-order valence-electron chi connectivity index (χ4n) is 3.28. The number of aliphatic hydroxyl groups is 1. The standard InChI is InChI=1S/C20H21N3O2.2ClH/c24-14-16-12-17(13-22-16)23-11-10-21-20(23)15-6-8-19(9-7-15)25-18-4-2-1-3-5-18;;/h1-11,16-17,22,24H,12-14H2;2*1H/t16-,17+;;/m0../s1. The van der Waals surface area contributed by atoms with Gasteiger partial charge in [0.05, 0.1) is 6.61 Å². The molecule has 2 aromatic carbocycles. The summed E-state index contributed by atoms with van der Waals surface area (Å²) >= 11 is 0. The summed E-state index contributed by atoms with van der Waals surface area (Å²) in [4.78, 5) is 4.53. The van der Waals surface area contributed by atoms with Crippen LogP contribution in [0.3, 0.4) is 0 Å². The van der Waals surface area contributed by atoms with Gasteiger partial charge in [-0.05, 0) is 42.8 Å². The minimum atomic E-state index is 0. The predicted octanol–water partition coefficient (Wildman–Crippen LogP) is 4.08. The summed E-state index contributed by atoms with van der Waals surface area (Å²) in [5.41, 5.74) is 1.05. The molecule has 144 valence electrons. The van der Waals surface area contributed by atoms with E-state index in [9.17, 15) is 5.11 Å². The molecule has 1 saturated heterocycles. The normalized spacial score (nSPS) is 18.4. The van der Waals surface area contributed by atoms with E-state index in [0.717, 1.165) is 35.9 Å². The third kappa shape index (κ3) is 4.82. The van der Waals surface area contributed by atoms with Crippen LogP contribution in [0.1, 0.15) is 12.5 Å². The SMILES string of the molecule is Cl.Cl.OC[C@@H]1C[C@@H](n2ccnc2-c2ccc(Oc3ccccc3)cc2)CN1. The molecular weight excluding hydrogens is 385 g/mol. The van der Waals surface area contributed by atoms with E-state index in [1.54, 1.807) is 0 Å². The molecule has 2 atom stereocenters. The number of nitrogens with zero attached hydrogens (tertiary/aromatic N) is 2. The van der Waals surface area contributed by atoms with Gasteiger partial charge in [-0.15, -0.1) is 24.8 Å². The van der Waals surface area contributed by atoms with Crippen LogP contribution < -0.4 is 10.1 Å². The van der Waals surface area contributed by atoms with E-state index < -0.39 is 0 Å².